The lowest BCUT2D eigenvalue weighted by molar-refractivity contribution is 0.177. The monoisotopic (exact) mass is 124 g/mol. The number of hydrogen-bond donors (Lipinski definition) is 0. The molecule has 0 radical (unpaired) electrons. The van der Waals surface area contributed by atoms with Gasteiger partial charge >= 0.3 is 0 Å². The Labute approximate surface area is 57.5 Å². The maximum atomic E-state index is 2.19. The fraction of sp³-hybridized carbons (Fsp3) is 0.667. The molecule has 0 fully saturated rings. The van der Waals surface area contributed by atoms with Crippen LogP contribution < -0.4 is 0 Å². The molecule has 2 nitrogen and oxygen atoms in total. The summed E-state index contributed by atoms with van der Waals surface area (Å²) in [6.07, 6.45) is 4.17. The van der Waals surface area contributed by atoms with E-state index in [-0.39, 0.29) is 5.56 Å². The normalized spacial score (nSPS) is 23.4. The van der Waals surface area contributed by atoms with Crippen LogP contribution in [0, 0.1) is 0 Å². The number of rotatable bonds is 0. The topological polar surface area (TPSA) is 6.48 Å². The average molecular weight is 124 g/mol. The second-order valence-corrected chi connectivity index (χ2v) is 3.01. The van der Waals surface area contributed by atoms with Crippen molar-refractivity contribution in [2.75, 3.05) is 14.1 Å². The highest BCUT2D eigenvalue weighted by molar-refractivity contribution is 6.14. The fourth-order valence-electron chi connectivity index (χ4n) is 0.814. The molecule has 50 valence electrons. The molecule has 0 saturated heterocycles. The van der Waals surface area contributed by atoms with Gasteiger partial charge in [0.05, 0.1) is 5.56 Å². The first-order chi connectivity index (χ1) is 4.05. The van der Waals surface area contributed by atoms with Crippen LogP contribution in [0.2, 0.25) is 0 Å². The maximum absolute atomic E-state index is 2.19. The summed E-state index contributed by atoms with van der Waals surface area (Å²) >= 11 is 0. The van der Waals surface area contributed by atoms with E-state index in [0.717, 1.165) is 0 Å². The van der Waals surface area contributed by atoms with E-state index in [9.17, 15) is 0 Å². The van der Waals surface area contributed by atoms with Gasteiger partial charge in [-0.1, -0.05) is 0 Å². The predicted molar refractivity (Wildman–Crippen MR) is 41.6 cm³/mol. The van der Waals surface area contributed by atoms with Gasteiger partial charge in [0.2, 0.25) is 0 Å². The lowest BCUT2D eigenvalue weighted by Gasteiger charge is -2.36. The molecule has 1 aliphatic rings. The van der Waals surface area contributed by atoms with Gasteiger partial charge in [0.15, 0.2) is 7.85 Å². The van der Waals surface area contributed by atoms with Crippen molar-refractivity contribution < 1.29 is 0 Å². The van der Waals surface area contributed by atoms with E-state index in [1.54, 1.807) is 0 Å². The molecule has 9 heavy (non-hydrogen) atoms. The quantitative estimate of drug-likeness (QED) is 0.407. The Kier molecular flexibility index (Phi) is 1.23. The summed E-state index contributed by atoms with van der Waals surface area (Å²) in [5.41, 5.74) is 0.167. The molecule has 0 atom stereocenters. The summed E-state index contributed by atoms with van der Waals surface area (Å²) in [6.45, 7) is 2.19. The Morgan fingerprint density at radius 3 is 1.67 bits per heavy atom. The minimum Gasteiger partial charge on any atom is -0.365 e. The molecule has 0 aromatic carbocycles. The summed E-state index contributed by atoms with van der Waals surface area (Å²) in [5.74, 6) is 0. The fourth-order valence-corrected chi connectivity index (χ4v) is 0.814. The molecule has 0 spiro atoms. The molecule has 1 heterocycles. The Hall–Kier alpha value is -0.595. The standard InChI is InChI=1S/C6H13BN2/c1-6(7)8(2)4-5-9(6)3/h4-5H,7H2,1-3H3. The minimum atomic E-state index is 0.167. The molecule has 0 aliphatic carbocycles. The van der Waals surface area contributed by atoms with Crippen molar-refractivity contribution in [3.8, 4) is 0 Å². The Balaban J connectivity index is 2.76. The zero-order valence-corrected chi connectivity index (χ0v) is 6.55. The van der Waals surface area contributed by atoms with Crippen molar-refractivity contribution in [3.63, 3.8) is 0 Å². The Morgan fingerprint density at radius 2 is 1.56 bits per heavy atom. The summed E-state index contributed by atoms with van der Waals surface area (Å²) in [6, 6.07) is 0. The first-order valence-corrected chi connectivity index (χ1v) is 3.19. The zero-order chi connectivity index (χ0) is 7.07. The SMILES string of the molecule is BC1(C)N(C)C=CN1C. The first-order valence-electron chi connectivity index (χ1n) is 3.19. The molecule has 3 heteroatoms. The molecule has 0 N–H and O–H groups in total. The van der Waals surface area contributed by atoms with Crippen LogP contribution >= 0.6 is 0 Å². The second kappa shape index (κ2) is 1.69. The summed E-state index contributed by atoms with van der Waals surface area (Å²) in [7, 11) is 6.35. The van der Waals surface area contributed by atoms with E-state index < -0.39 is 0 Å². The highest BCUT2D eigenvalue weighted by Gasteiger charge is 2.28. The third kappa shape index (κ3) is 0.804. The van der Waals surface area contributed by atoms with Gasteiger partial charge < -0.3 is 9.80 Å². The third-order valence-corrected chi connectivity index (χ3v) is 2.24. The lowest BCUT2D eigenvalue weighted by atomic mass is 9.87. The molecular formula is C6H13BN2. The molecular weight excluding hydrogens is 111 g/mol. The molecule has 0 bridgehead atoms. The van der Waals surface area contributed by atoms with Crippen LogP contribution in [0.15, 0.2) is 12.4 Å². The Bertz CT molecular complexity index is 128. The van der Waals surface area contributed by atoms with E-state index in [2.05, 4.69) is 51.1 Å². The van der Waals surface area contributed by atoms with Gasteiger partial charge in [-0.3, -0.25) is 0 Å². The summed E-state index contributed by atoms with van der Waals surface area (Å²) < 4.78 is 0. The van der Waals surface area contributed by atoms with Crippen molar-refractivity contribution in [2.45, 2.75) is 12.5 Å². The zero-order valence-electron chi connectivity index (χ0n) is 6.55. The van der Waals surface area contributed by atoms with Crippen LogP contribution in [0.5, 0.6) is 0 Å². The molecule has 1 aliphatic heterocycles. The van der Waals surface area contributed by atoms with E-state index in [1.165, 1.54) is 0 Å². The number of nitrogens with zero attached hydrogens (tertiary/aromatic N) is 2. The van der Waals surface area contributed by atoms with Gasteiger partial charge in [0.1, 0.15) is 0 Å². The molecule has 0 aromatic heterocycles. The molecule has 0 saturated carbocycles. The number of hydrogen-bond acceptors (Lipinski definition) is 2. The van der Waals surface area contributed by atoms with Gasteiger partial charge in [-0.25, -0.2) is 0 Å². The lowest BCUT2D eigenvalue weighted by Crippen LogP contribution is -2.47. The van der Waals surface area contributed by atoms with Crippen molar-refractivity contribution in [1.29, 1.82) is 0 Å². The van der Waals surface area contributed by atoms with Gasteiger partial charge in [0, 0.05) is 26.5 Å². The highest BCUT2D eigenvalue weighted by atomic mass is 15.4. The van der Waals surface area contributed by atoms with Crippen LogP contribution in [-0.2, 0) is 0 Å². The van der Waals surface area contributed by atoms with E-state index in [1.807, 2.05) is 0 Å². The van der Waals surface area contributed by atoms with Crippen LogP contribution in [0.25, 0.3) is 0 Å². The van der Waals surface area contributed by atoms with Crippen LogP contribution in [0.1, 0.15) is 6.92 Å². The van der Waals surface area contributed by atoms with E-state index in [4.69, 9.17) is 0 Å². The van der Waals surface area contributed by atoms with Crippen molar-refractivity contribution in [3.05, 3.63) is 12.4 Å². The molecule has 0 amide bonds. The van der Waals surface area contributed by atoms with E-state index in [0.29, 0.717) is 0 Å². The molecule has 1 rings (SSSR count). The predicted octanol–water partition coefficient (Wildman–Crippen LogP) is -0.358. The highest BCUT2D eigenvalue weighted by Crippen LogP contribution is 2.19. The van der Waals surface area contributed by atoms with Gasteiger partial charge in [-0.2, -0.15) is 0 Å². The maximum Gasteiger partial charge on any atom is 0.161 e. The molecule has 0 unspecified atom stereocenters. The Morgan fingerprint density at radius 1 is 1.22 bits per heavy atom. The van der Waals surface area contributed by atoms with Gasteiger partial charge in [0.25, 0.3) is 0 Å². The van der Waals surface area contributed by atoms with Crippen LogP contribution in [-0.4, -0.2) is 37.3 Å². The third-order valence-electron chi connectivity index (χ3n) is 2.24. The van der Waals surface area contributed by atoms with Crippen molar-refractivity contribution in [2.24, 2.45) is 0 Å². The largest absolute Gasteiger partial charge is 0.365 e. The first kappa shape index (κ1) is 6.52. The van der Waals surface area contributed by atoms with Crippen molar-refractivity contribution >= 4 is 7.85 Å². The minimum absolute atomic E-state index is 0.167. The van der Waals surface area contributed by atoms with Crippen LogP contribution in [0.3, 0.4) is 0 Å². The smallest absolute Gasteiger partial charge is 0.161 e. The van der Waals surface area contributed by atoms with Gasteiger partial charge in [-0.15, -0.1) is 0 Å². The van der Waals surface area contributed by atoms with Crippen molar-refractivity contribution in [1.82, 2.24) is 9.80 Å². The average Bonchev–Trinajstić information content (AvgIpc) is 1.96. The summed E-state index contributed by atoms with van der Waals surface area (Å²) in [4.78, 5) is 4.38. The van der Waals surface area contributed by atoms with Crippen LogP contribution in [0.4, 0.5) is 0 Å². The molecule has 0 aromatic rings. The summed E-state index contributed by atoms with van der Waals surface area (Å²) in [5, 5.41) is 0. The second-order valence-electron chi connectivity index (χ2n) is 3.01. The van der Waals surface area contributed by atoms with Gasteiger partial charge in [-0.05, 0) is 6.92 Å². The van der Waals surface area contributed by atoms with E-state index >= 15 is 0 Å².